The molecule has 2 aromatic carbocycles. The highest BCUT2D eigenvalue weighted by atomic mass is 19.1. The third-order valence-corrected chi connectivity index (χ3v) is 8.06. The van der Waals surface area contributed by atoms with Crippen LogP contribution in [-0.2, 0) is 17.6 Å². The molecule has 2 fully saturated rings. The normalized spacial score (nSPS) is 20.8. The molecule has 1 aliphatic carbocycles. The lowest BCUT2D eigenvalue weighted by atomic mass is 9.95. The zero-order valence-electron chi connectivity index (χ0n) is 19.8. The number of anilines is 1. The summed E-state index contributed by atoms with van der Waals surface area (Å²) in [5, 5.41) is 1.16. The van der Waals surface area contributed by atoms with Crippen LogP contribution in [0.25, 0.3) is 10.9 Å². The van der Waals surface area contributed by atoms with Crippen molar-refractivity contribution in [3.63, 3.8) is 0 Å². The predicted octanol–water partition coefficient (Wildman–Crippen LogP) is 4.80. The van der Waals surface area contributed by atoms with Crippen molar-refractivity contribution >= 4 is 22.8 Å². The molecule has 2 saturated heterocycles. The number of carbonyl (C=O) groups excluding carboxylic acids is 1. The van der Waals surface area contributed by atoms with Crippen LogP contribution in [0.15, 0.2) is 36.4 Å². The fraction of sp³-hybridized carbons (Fsp3) is 0.464. The summed E-state index contributed by atoms with van der Waals surface area (Å²) in [6.07, 6.45) is 5.98. The number of aromatic nitrogens is 2. The number of piperidine rings is 1. The maximum Gasteiger partial charge on any atom is 0.226 e. The van der Waals surface area contributed by atoms with Gasteiger partial charge in [-0.3, -0.25) is 4.79 Å². The third-order valence-electron chi connectivity index (χ3n) is 8.06. The van der Waals surface area contributed by atoms with Crippen molar-refractivity contribution < 1.29 is 9.18 Å². The van der Waals surface area contributed by atoms with E-state index in [0.717, 1.165) is 79.8 Å². The number of hydrogen-bond donors (Lipinski definition) is 0. The molecule has 1 amide bonds. The summed E-state index contributed by atoms with van der Waals surface area (Å²) in [7, 11) is 0. The lowest BCUT2D eigenvalue weighted by molar-refractivity contribution is -0.135. The highest BCUT2D eigenvalue weighted by Crippen LogP contribution is 2.33. The summed E-state index contributed by atoms with van der Waals surface area (Å²) in [6, 6.07) is 11.5. The molecule has 3 aliphatic rings. The number of carbonyl (C=O) groups is 1. The summed E-state index contributed by atoms with van der Waals surface area (Å²) in [5.41, 5.74) is 5.69. The van der Waals surface area contributed by atoms with Gasteiger partial charge in [-0.15, -0.1) is 0 Å². The molecule has 34 heavy (non-hydrogen) atoms. The Kier molecular flexibility index (Phi) is 5.47. The molecule has 6 heteroatoms. The SMILES string of the molecule is Cc1nc(N2CCC(C(=O)N3CCC(c4ccccc4F)C3)CC2)nc2cc3c(cc12)CCC3. The number of hydrogen-bond acceptors (Lipinski definition) is 4. The van der Waals surface area contributed by atoms with E-state index < -0.39 is 0 Å². The molecule has 5 nitrogen and oxygen atoms in total. The van der Waals surface area contributed by atoms with E-state index in [2.05, 4.69) is 24.0 Å². The molecule has 0 spiro atoms. The molecule has 0 N–H and O–H groups in total. The molecule has 176 valence electrons. The molecule has 1 unspecified atom stereocenters. The Morgan fingerprint density at radius 2 is 1.76 bits per heavy atom. The van der Waals surface area contributed by atoms with Gasteiger partial charge in [0.25, 0.3) is 0 Å². The van der Waals surface area contributed by atoms with Crippen molar-refractivity contribution in [1.82, 2.24) is 14.9 Å². The highest BCUT2D eigenvalue weighted by molar-refractivity contribution is 5.84. The van der Waals surface area contributed by atoms with Gasteiger partial charge in [0.1, 0.15) is 5.82 Å². The lowest BCUT2D eigenvalue weighted by Gasteiger charge is -2.33. The first-order valence-corrected chi connectivity index (χ1v) is 12.6. The van der Waals surface area contributed by atoms with Crippen LogP contribution in [0.3, 0.4) is 0 Å². The Bertz CT molecular complexity index is 1250. The van der Waals surface area contributed by atoms with Crippen molar-refractivity contribution in [2.75, 3.05) is 31.1 Å². The molecular weight excluding hydrogens is 427 g/mol. The molecular formula is C28H31FN4O. The molecule has 1 atom stereocenters. The average molecular weight is 459 g/mol. The molecule has 3 heterocycles. The Hall–Kier alpha value is -3.02. The molecule has 2 aliphatic heterocycles. The minimum Gasteiger partial charge on any atom is -0.342 e. The largest absolute Gasteiger partial charge is 0.342 e. The number of likely N-dealkylation sites (tertiary alicyclic amines) is 1. The molecule has 3 aromatic rings. The standard InChI is InChI=1S/C28H31FN4O/c1-18-24-15-20-5-4-6-21(20)16-26(24)31-28(30-18)32-12-9-19(10-13-32)27(34)33-14-11-22(17-33)23-7-2-3-8-25(23)29/h2-3,7-8,15-16,19,22H,4-6,9-14,17H2,1H3. The van der Waals surface area contributed by atoms with E-state index in [4.69, 9.17) is 9.97 Å². The number of amides is 1. The Balaban J connectivity index is 1.11. The number of rotatable bonds is 3. The van der Waals surface area contributed by atoms with E-state index >= 15 is 0 Å². The minimum atomic E-state index is -0.161. The van der Waals surface area contributed by atoms with E-state index in [1.807, 2.05) is 17.0 Å². The van der Waals surface area contributed by atoms with Gasteiger partial charge in [0, 0.05) is 43.4 Å². The summed E-state index contributed by atoms with van der Waals surface area (Å²) < 4.78 is 14.2. The average Bonchev–Trinajstić information content (AvgIpc) is 3.52. The first-order valence-electron chi connectivity index (χ1n) is 12.6. The van der Waals surface area contributed by atoms with Crippen molar-refractivity contribution in [3.05, 3.63) is 64.6 Å². The Morgan fingerprint density at radius 3 is 2.56 bits per heavy atom. The summed E-state index contributed by atoms with van der Waals surface area (Å²) >= 11 is 0. The van der Waals surface area contributed by atoms with Crippen LogP contribution in [0.5, 0.6) is 0 Å². The molecule has 1 aromatic heterocycles. The van der Waals surface area contributed by atoms with Gasteiger partial charge in [-0.05, 0) is 80.3 Å². The smallest absolute Gasteiger partial charge is 0.226 e. The van der Waals surface area contributed by atoms with Crippen LogP contribution >= 0.6 is 0 Å². The van der Waals surface area contributed by atoms with Crippen LogP contribution in [0, 0.1) is 18.7 Å². The summed E-state index contributed by atoms with van der Waals surface area (Å²) in [5.74, 6) is 0.978. The fourth-order valence-electron chi connectivity index (χ4n) is 6.08. The van der Waals surface area contributed by atoms with Gasteiger partial charge in [-0.25, -0.2) is 14.4 Å². The van der Waals surface area contributed by atoms with Crippen LogP contribution < -0.4 is 4.90 Å². The van der Waals surface area contributed by atoms with Crippen LogP contribution in [0.4, 0.5) is 10.3 Å². The zero-order valence-corrected chi connectivity index (χ0v) is 19.8. The summed E-state index contributed by atoms with van der Waals surface area (Å²) in [6.45, 7) is 4.99. The second-order valence-electron chi connectivity index (χ2n) is 10.2. The van der Waals surface area contributed by atoms with E-state index in [0.29, 0.717) is 6.54 Å². The van der Waals surface area contributed by atoms with E-state index in [1.54, 1.807) is 6.07 Å². The minimum absolute atomic E-state index is 0.0282. The maximum absolute atomic E-state index is 14.2. The lowest BCUT2D eigenvalue weighted by Crippen LogP contribution is -2.42. The van der Waals surface area contributed by atoms with Crippen LogP contribution in [0.1, 0.15) is 54.0 Å². The van der Waals surface area contributed by atoms with Crippen molar-refractivity contribution in [2.24, 2.45) is 5.92 Å². The first-order chi connectivity index (χ1) is 16.6. The Morgan fingerprint density at radius 1 is 1.00 bits per heavy atom. The third kappa shape index (κ3) is 3.83. The van der Waals surface area contributed by atoms with Gasteiger partial charge < -0.3 is 9.80 Å². The number of aryl methyl sites for hydroxylation is 3. The zero-order chi connectivity index (χ0) is 23.2. The number of fused-ring (bicyclic) bond motifs is 2. The molecule has 0 radical (unpaired) electrons. The molecule has 6 rings (SSSR count). The second-order valence-corrected chi connectivity index (χ2v) is 10.2. The molecule has 0 saturated carbocycles. The van der Waals surface area contributed by atoms with Gasteiger partial charge in [-0.2, -0.15) is 0 Å². The van der Waals surface area contributed by atoms with Gasteiger partial charge in [0.05, 0.1) is 11.2 Å². The Labute approximate surface area is 200 Å². The van der Waals surface area contributed by atoms with Crippen molar-refractivity contribution in [3.8, 4) is 0 Å². The van der Waals surface area contributed by atoms with Crippen LogP contribution in [-0.4, -0.2) is 47.0 Å². The number of benzene rings is 2. The number of halogens is 1. The number of nitrogens with zero attached hydrogens (tertiary/aromatic N) is 4. The highest BCUT2D eigenvalue weighted by Gasteiger charge is 2.34. The maximum atomic E-state index is 14.2. The predicted molar refractivity (Wildman–Crippen MR) is 132 cm³/mol. The first kappa shape index (κ1) is 21.5. The summed E-state index contributed by atoms with van der Waals surface area (Å²) in [4.78, 5) is 27.2. The van der Waals surface area contributed by atoms with Crippen molar-refractivity contribution in [2.45, 2.75) is 51.4 Å². The van der Waals surface area contributed by atoms with Crippen LogP contribution in [0.2, 0.25) is 0 Å². The second kappa shape index (κ2) is 8.64. The van der Waals surface area contributed by atoms with E-state index in [9.17, 15) is 9.18 Å². The van der Waals surface area contributed by atoms with Gasteiger partial charge in [-0.1, -0.05) is 18.2 Å². The fourth-order valence-corrected chi connectivity index (χ4v) is 6.08. The molecule has 0 bridgehead atoms. The van der Waals surface area contributed by atoms with E-state index in [-0.39, 0.29) is 23.6 Å². The van der Waals surface area contributed by atoms with E-state index in [1.165, 1.54) is 23.6 Å². The topological polar surface area (TPSA) is 49.3 Å². The quantitative estimate of drug-likeness (QED) is 0.566. The van der Waals surface area contributed by atoms with Gasteiger partial charge in [0.2, 0.25) is 11.9 Å². The van der Waals surface area contributed by atoms with Gasteiger partial charge >= 0.3 is 0 Å². The van der Waals surface area contributed by atoms with Crippen molar-refractivity contribution in [1.29, 1.82) is 0 Å². The van der Waals surface area contributed by atoms with Gasteiger partial charge in [0.15, 0.2) is 0 Å². The monoisotopic (exact) mass is 458 g/mol.